The molecular weight excluding hydrogens is 267 g/mol. The second kappa shape index (κ2) is 5.31. The van der Waals surface area contributed by atoms with Gasteiger partial charge >= 0.3 is 0 Å². The molecule has 0 amide bonds. The van der Waals surface area contributed by atoms with Gasteiger partial charge in [-0.2, -0.15) is 0 Å². The van der Waals surface area contributed by atoms with Crippen molar-refractivity contribution in [2.24, 2.45) is 0 Å². The van der Waals surface area contributed by atoms with Gasteiger partial charge in [0.15, 0.2) is 0 Å². The number of halogens is 2. The molecular formula is C14H18BrF. The lowest BCUT2D eigenvalue weighted by molar-refractivity contribution is 0.540. The average Bonchev–Trinajstić information content (AvgIpc) is 2.46. The smallest absolute Gasteiger partial charge is 0.126 e. The van der Waals surface area contributed by atoms with Crippen LogP contribution in [0.1, 0.15) is 49.1 Å². The predicted octanol–water partition coefficient (Wildman–Crippen LogP) is 4.95. The lowest BCUT2D eigenvalue weighted by atomic mass is 9.90. The molecule has 0 heterocycles. The van der Waals surface area contributed by atoms with Gasteiger partial charge in [-0.25, -0.2) is 4.39 Å². The number of hydrogen-bond donors (Lipinski definition) is 0. The molecule has 0 spiro atoms. The van der Waals surface area contributed by atoms with Crippen LogP contribution in [-0.4, -0.2) is 4.83 Å². The van der Waals surface area contributed by atoms with Crippen molar-refractivity contribution in [3.8, 4) is 0 Å². The highest BCUT2D eigenvalue weighted by Gasteiger charge is 2.22. The molecule has 16 heavy (non-hydrogen) atoms. The fraction of sp³-hybridized carbons (Fsp3) is 0.571. The third kappa shape index (κ3) is 2.85. The Morgan fingerprint density at radius 2 is 2.00 bits per heavy atom. The van der Waals surface area contributed by atoms with E-state index < -0.39 is 0 Å². The van der Waals surface area contributed by atoms with E-state index in [0.717, 1.165) is 24.0 Å². The van der Waals surface area contributed by atoms with Crippen LogP contribution in [0, 0.1) is 12.7 Å². The summed E-state index contributed by atoms with van der Waals surface area (Å²) in [5, 5.41) is 0. The van der Waals surface area contributed by atoms with E-state index in [1.807, 2.05) is 19.1 Å². The molecule has 0 aliphatic heterocycles. The minimum Gasteiger partial charge on any atom is -0.207 e. The van der Waals surface area contributed by atoms with Gasteiger partial charge in [0.1, 0.15) is 5.82 Å². The lowest BCUT2D eigenvalue weighted by Crippen LogP contribution is -2.06. The molecule has 0 N–H and O–H groups in total. The van der Waals surface area contributed by atoms with Crippen LogP contribution < -0.4 is 0 Å². The number of alkyl halides is 1. The van der Waals surface area contributed by atoms with E-state index in [2.05, 4.69) is 15.9 Å². The highest BCUT2D eigenvalue weighted by Crippen LogP contribution is 2.36. The fourth-order valence-electron chi connectivity index (χ4n) is 2.56. The first kappa shape index (κ1) is 12.1. The monoisotopic (exact) mass is 284 g/mol. The molecule has 1 aromatic rings. The summed E-state index contributed by atoms with van der Waals surface area (Å²) in [6.07, 6.45) is 5.91. The molecule has 0 bridgehead atoms. The van der Waals surface area contributed by atoms with Gasteiger partial charge < -0.3 is 0 Å². The van der Waals surface area contributed by atoms with Crippen molar-refractivity contribution in [2.75, 3.05) is 0 Å². The minimum absolute atomic E-state index is 0.0304. The third-order valence-electron chi connectivity index (χ3n) is 3.45. The molecule has 1 aliphatic carbocycles. The Hall–Kier alpha value is -0.370. The van der Waals surface area contributed by atoms with Crippen LogP contribution in [0.3, 0.4) is 0 Å². The van der Waals surface area contributed by atoms with E-state index in [1.165, 1.54) is 19.3 Å². The van der Waals surface area contributed by atoms with E-state index in [4.69, 9.17) is 0 Å². The molecule has 88 valence electrons. The van der Waals surface area contributed by atoms with Crippen LogP contribution in [-0.2, 0) is 0 Å². The van der Waals surface area contributed by atoms with Crippen LogP contribution >= 0.6 is 15.9 Å². The summed E-state index contributed by atoms with van der Waals surface area (Å²) in [5.74, 6) is 0.365. The van der Waals surface area contributed by atoms with Gasteiger partial charge in [0, 0.05) is 4.83 Å². The Morgan fingerprint density at radius 1 is 1.25 bits per heavy atom. The van der Waals surface area contributed by atoms with Gasteiger partial charge in [0.05, 0.1) is 0 Å². The molecule has 1 saturated carbocycles. The second-order valence-corrected chi connectivity index (χ2v) is 6.13. The molecule has 1 aromatic carbocycles. The second-order valence-electron chi connectivity index (χ2n) is 4.84. The first-order chi connectivity index (χ1) is 7.66. The molecule has 0 aromatic heterocycles. The van der Waals surface area contributed by atoms with E-state index >= 15 is 0 Å². The maximum Gasteiger partial charge on any atom is 0.126 e. The summed E-state index contributed by atoms with van der Waals surface area (Å²) in [4.78, 5) is 0.555. The van der Waals surface area contributed by atoms with Crippen LogP contribution in [0.25, 0.3) is 0 Å². The maximum atomic E-state index is 13.8. The van der Waals surface area contributed by atoms with E-state index in [-0.39, 0.29) is 5.82 Å². The molecule has 1 aliphatic rings. The molecule has 2 atom stereocenters. The Kier molecular flexibility index (Phi) is 4.01. The van der Waals surface area contributed by atoms with Crippen molar-refractivity contribution in [1.82, 2.24) is 0 Å². The normalized spacial score (nSPS) is 26.4. The number of benzene rings is 1. The van der Waals surface area contributed by atoms with E-state index in [9.17, 15) is 4.39 Å². The van der Waals surface area contributed by atoms with Gasteiger partial charge in [0.25, 0.3) is 0 Å². The summed E-state index contributed by atoms with van der Waals surface area (Å²) < 4.78 is 13.8. The first-order valence-corrected chi connectivity index (χ1v) is 6.98. The topological polar surface area (TPSA) is 0 Å². The summed E-state index contributed by atoms with van der Waals surface area (Å²) in [6.45, 7) is 2.03. The van der Waals surface area contributed by atoms with Crippen molar-refractivity contribution in [3.05, 3.63) is 35.1 Å². The largest absolute Gasteiger partial charge is 0.207 e. The van der Waals surface area contributed by atoms with Crippen molar-refractivity contribution < 1.29 is 4.39 Å². The van der Waals surface area contributed by atoms with Crippen molar-refractivity contribution in [1.29, 1.82) is 0 Å². The highest BCUT2D eigenvalue weighted by molar-refractivity contribution is 9.09. The molecule has 0 saturated heterocycles. The van der Waals surface area contributed by atoms with E-state index in [0.29, 0.717) is 10.7 Å². The summed E-state index contributed by atoms with van der Waals surface area (Å²) in [5.41, 5.74) is 2.08. The summed E-state index contributed by atoms with van der Waals surface area (Å²) in [6, 6.07) is 5.48. The predicted molar refractivity (Wildman–Crippen MR) is 69.7 cm³/mol. The van der Waals surface area contributed by atoms with Crippen molar-refractivity contribution in [3.63, 3.8) is 0 Å². The molecule has 0 radical (unpaired) electrons. The zero-order chi connectivity index (χ0) is 11.5. The molecule has 2 heteroatoms. The summed E-state index contributed by atoms with van der Waals surface area (Å²) >= 11 is 3.70. The van der Waals surface area contributed by atoms with Crippen LogP contribution in [0.2, 0.25) is 0 Å². The number of aryl methyl sites for hydroxylation is 1. The lowest BCUT2D eigenvalue weighted by Gasteiger charge is -2.18. The van der Waals surface area contributed by atoms with Gasteiger partial charge in [-0.3, -0.25) is 0 Å². The Balaban J connectivity index is 2.24. The zero-order valence-corrected chi connectivity index (χ0v) is 11.3. The zero-order valence-electron chi connectivity index (χ0n) is 9.68. The van der Waals surface area contributed by atoms with Crippen LogP contribution in [0.15, 0.2) is 18.2 Å². The highest BCUT2D eigenvalue weighted by atomic mass is 79.9. The third-order valence-corrected chi connectivity index (χ3v) is 4.28. The maximum absolute atomic E-state index is 13.8. The Bertz CT molecular complexity index is 362. The standard InChI is InChI=1S/C14H18BrF/c1-10-6-7-14(16)13(8-10)11-4-2-3-5-12(15)9-11/h6-8,11-12H,2-5,9H2,1H3. The van der Waals surface area contributed by atoms with Gasteiger partial charge in [-0.05, 0) is 43.7 Å². The average molecular weight is 285 g/mol. The Morgan fingerprint density at radius 3 is 2.81 bits per heavy atom. The molecule has 2 unspecified atom stereocenters. The quantitative estimate of drug-likeness (QED) is 0.506. The van der Waals surface area contributed by atoms with Gasteiger partial charge in [0.2, 0.25) is 0 Å². The number of rotatable bonds is 1. The molecule has 1 fully saturated rings. The van der Waals surface area contributed by atoms with Gasteiger partial charge in [-0.1, -0.05) is 46.5 Å². The minimum atomic E-state index is -0.0304. The van der Waals surface area contributed by atoms with E-state index in [1.54, 1.807) is 6.07 Å². The fourth-order valence-corrected chi connectivity index (χ4v) is 3.33. The van der Waals surface area contributed by atoms with Crippen LogP contribution in [0.5, 0.6) is 0 Å². The van der Waals surface area contributed by atoms with Gasteiger partial charge in [-0.15, -0.1) is 0 Å². The van der Waals surface area contributed by atoms with Crippen LogP contribution in [0.4, 0.5) is 4.39 Å². The SMILES string of the molecule is Cc1ccc(F)c(C2CCCCC(Br)C2)c1. The summed E-state index contributed by atoms with van der Waals surface area (Å²) in [7, 11) is 0. The van der Waals surface area contributed by atoms with Crippen molar-refractivity contribution >= 4 is 15.9 Å². The number of hydrogen-bond acceptors (Lipinski definition) is 0. The molecule has 2 rings (SSSR count). The van der Waals surface area contributed by atoms with Crippen molar-refractivity contribution in [2.45, 2.75) is 49.8 Å². The Labute approximate surface area is 105 Å². The first-order valence-electron chi connectivity index (χ1n) is 6.07. The molecule has 0 nitrogen and oxygen atoms in total.